The van der Waals surface area contributed by atoms with E-state index in [-0.39, 0.29) is 23.6 Å². The Morgan fingerprint density at radius 1 is 1.43 bits per heavy atom. The van der Waals surface area contributed by atoms with E-state index in [1.807, 2.05) is 6.07 Å². The summed E-state index contributed by atoms with van der Waals surface area (Å²) in [6.45, 7) is 1.13. The number of halogens is 1. The fraction of sp³-hybridized carbons (Fsp3) is 0.333. The number of aromatic nitrogens is 2. The molecule has 0 bridgehead atoms. The summed E-state index contributed by atoms with van der Waals surface area (Å²) in [5.41, 5.74) is 0.154. The Bertz CT molecular complexity index is 758. The topological polar surface area (TPSA) is 79.1 Å². The maximum Gasteiger partial charge on any atom is 0.264 e. The minimum absolute atomic E-state index is 0.0464. The first-order chi connectivity index (χ1) is 11.2. The van der Waals surface area contributed by atoms with Crippen LogP contribution in [0.25, 0.3) is 0 Å². The maximum atomic E-state index is 12.5. The molecule has 1 amide bonds. The molecular formula is C15H13ClN4O2S. The number of rotatable bonds is 3. The summed E-state index contributed by atoms with van der Waals surface area (Å²) in [6, 6.07) is 5.41. The monoisotopic (exact) mass is 348 g/mol. The van der Waals surface area contributed by atoms with Gasteiger partial charge in [0.15, 0.2) is 0 Å². The summed E-state index contributed by atoms with van der Waals surface area (Å²) in [7, 11) is 0. The molecule has 8 heteroatoms. The van der Waals surface area contributed by atoms with Crippen LogP contribution in [0.15, 0.2) is 24.5 Å². The Kier molecular flexibility index (Phi) is 4.74. The third-order valence-corrected chi connectivity index (χ3v) is 4.72. The number of carbonyl (C=O) groups is 1. The number of carbonyl (C=O) groups excluding carboxylic acids is 1. The van der Waals surface area contributed by atoms with Gasteiger partial charge in [0.05, 0.1) is 15.8 Å². The van der Waals surface area contributed by atoms with E-state index in [2.05, 4.69) is 9.97 Å². The average Bonchev–Trinajstić information content (AvgIpc) is 3.01. The number of nitrogens with zero attached hydrogens (tertiary/aromatic N) is 4. The normalized spacial score (nSPS) is 17.6. The van der Waals surface area contributed by atoms with Gasteiger partial charge in [-0.25, -0.2) is 9.97 Å². The molecule has 0 spiro atoms. The summed E-state index contributed by atoms with van der Waals surface area (Å²) in [6.07, 6.45) is 4.36. The van der Waals surface area contributed by atoms with Gasteiger partial charge in [-0.1, -0.05) is 11.6 Å². The van der Waals surface area contributed by atoms with Crippen LogP contribution in [0.4, 0.5) is 0 Å². The van der Waals surface area contributed by atoms with Crippen LogP contribution in [-0.2, 0) is 0 Å². The molecular weight excluding hydrogens is 336 g/mol. The highest BCUT2D eigenvalue weighted by molar-refractivity contribution is 7.17. The molecule has 1 fully saturated rings. The lowest BCUT2D eigenvalue weighted by atomic mass is 10.1. The van der Waals surface area contributed by atoms with Crippen LogP contribution in [-0.4, -0.2) is 40.0 Å². The molecule has 1 aliphatic heterocycles. The Morgan fingerprint density at radius 2 is 2.26 bits per heavy atom. The van der Waals surface area contributed by atoms with Crippen molar-refractivity contribution in [3.63, 3.8) is 0 Å². The van der Waals surface area contributed by atoms with Crippen molar-refractivity contribution in [2.45, 2.75) is 18.9 Å². The number of piperidine rings is 1. The number of ether oxygens (including phenoxy) is 1. The first kappa shape index (κ1) is 15.7. The number of thiophene rings is 1. The lowest BCUT2D eigenvalue weighted by Crippen LogP contribution is -2.44. The maximum absolute atomic E-state index is 12.5. The molecule has 1 aliphatic rings. The van der Waals surface area contributed by atoms with Gasteiger partial charge in [-0.2, -0.15) is 5.26 Å². The van der Waals surface area contributed by atoms with E-state index < -0.39 is 0 Å². The second-order valence-electron chi connectivity index (χ2n) is 5.06. The van der Waals surface area contributed by atoms with Gasteiger partial charge < -0.3 is 9.64 Å². The Hall–Kier alpha value is -2.17. The third-order valence-electron chi connectivity index (χ3n) is 3.50. The molecule has 2 aromatic heterocycles. The minimum Gasteiger partial charge on any atom is -0.470 e. The molecule has 0 N–H and O–H groups in total. The number of hydrogen-bond acceptors (Lipinski definition) is 6. The summed E-state index contributed by atoms with van der Waals surface area (Å²) in [4.78, 5) is 22.8. The lowest BCUT2D eigenvalue weighted by molar-refractivity contribution is 0.0530. The molecule has 1 unspecified atom stereocenters. The summed E-state index contributed by atoms with van der Waals surface area (Å²) in [5, 5.41) is 9.03. The lowest BCUT2D eigenvalue weighted by Gasteiger charge is -2.32. The van der Waals surface area contributed by atoms with Crippen LogP contribution >= 0.6 is 22.9 Å². The quantitative estimate of drug-likeness (QED) is 0.852. The van der Waals surface area contributed by atoms with Crippen molar-refractivity contribution >= 4 is 28.8 Å². The molecule has 0 aliphatic carbocycles. The smallest absolute Gasteiger partial charge is 0.264 e. The van der Waals surface area contributed by atoms with Crippen molar-refractivity contribution in [3.8, 4) is 11.9 Å². The predicted octanol–water partition coefficient (Wildman–Crippen LogP) is 2.75. The standard InChI is InChI=1S/C15H13ClN4O2S/c16-13-4-3-12(23-13)15(21)20-7-1-2-10(9-20)22-14-11(8-17)18-5-6-19-14/h3-6,10H,1-2,7,9H2. The van der Waals surface area contributed by atoms with E-state index in [0.29, 0.717) is 22.3 Å². The van der Waals surface area contributed by atoms with Crippen LogP contribution in [0, 0.1) is 11.3 Å². The van der Waals surface area contributed by atoms with E-state index in [1.165, 1.54) is 23.7 Å². The largest absolute Gasteiger partial charge is 0.470 e. The molecule has 1 atom stereocenters. The highest BCUT2D eigenvalue weighted by atomic mass is 35.5. The molecule has 3 rings (SSSR count). The fourth-order valence-corrected chi connectivity index (χ4v) is 3.46. The summed E-state index contributed by atoms with van der Waals surface area (Å²) < 4.78 is 6.38. The molecule has 1 saturated heterocycles. The molecule has 6 nitrogen and oxygen atoms in total. The average molecular weight is 349 g/mol. The molecule has 3 heterocycles. The van der Waals surface area contributed by atoms with Crippen molar-refractivity contribution in [2.24, 2.45) is 0 Å². The third kappa shape index (κ3) is 3.60. The van der Waals surface area contributed by atoms with E-state index in [9.17, 15) is 4.79 Å². The highest BCUT2D eigenvalue weighted by Crippen LogP contribution is 2.25. The first-order valence-electron chi connectivity index (χ1n) is 7.09. The van der Waals surface area contributed by atoms with Crippen LogP contribution < -0.4 is 4.74 Å². The van der Waals surface area contributed by atoms with Crippen molar-refractivity contribution in [1.29, 1.82) is 5.26 Å². The van der Waals surface area contributed by atoms with Gasteiger partial charge >= 0.3 is 0 Å². The minimum atomic E-state index is -0.202. The molecule has 0 aromatic carbocycles. The Balaban J connectivity index is 1.69. The van der Waals surface area contributed by atoms with E-state index in [0.717, 1.165) is 12.8 Å². The van der Waals surface area contributed by atoms with E-state index in [1.54, 1.807) is 17.0 Å². The first-order valence-corrected chi connectivity index (χ1v) is 8.29. The second kappa shape index (κ2) is 6.94. The van der Waals surface area contributed by atoms with Gasteiger partial charge in [-0.3, -0.25) is 4.79 Å². The Morgan fingerprint density at radius 3 is 3.00 bits per heavy atom. The van der Waals surface area contributed by atoms with E-state index in [4.69, 9.17) is 21.6 Å². The van der Waals surface area contributed by atoms with Crippen LogP contribution in [0.3, 0.4) is 0 Å². The fourth-order valence-electron chi connectivity index (χ4n) is 2.45. The molecule has 0 saturated carbocycles. The van der Waals surface area contributed by atoms with Crippen LogP contribution in [0.5, 0.6) is 5.88 Å². The van der Waals surface area contributed by atoms with Gasteiger partial charge in [0.2, 0.25) is 5.69 Å². The van der Waals surface area contributed by atoms with Crippen LogP contribution in [0.1, 0.15) is 28.2 Å². The van der Waals surface area contributed by atoms with Gasteiger partial charge in [0, 0.05) is 18.9 Å². The van der Waals surface area contributed by atoms with E-state index >= 15 is 0 Å². The highest BCUT2D eigenvalue weighted by Gasteiger charge is 2.27. The number of likely N-dealkylation sites (tertiary alicyclic amines) is 1. The predicted molar refractivity (Wildman–Crippen MR) is 85.6 cm³/mol. The van der Waals surface area contributed by atoms with Crippen molar-refractivity contribution in [2.75, 3.05) is 13.1 Å². The zero-order valence-electron chi connectivity index (χ0n) is 12.1. The number of amides is 1. The SMILES string of the molecule is N#Cc1nccnc1OC1CCCN(C(=O)c2ccc(Cl)s2)C1. The van der Waals surface area contributed by atoms with Gasteiger partial charge in [-0.05, 0) is 25.0 Å². The van der Waals surface area contributed by atoms with Crippen LogP contribution in [0.2, 0.25) is 4.34 Å². The molecule has 23 heavy (non-hydrogen) atoms. The zero-order chi connectivity index (χ0) is 16.2. The summed E-state index contributed by atoms with van der Waals surface area (Å²) in [5.74, 6) is 0.170. The number of nitriles is 1. The Labute approximate surface area is 142 Å². The number of hydrogen-bond donors (Lipinski definition) is 0. The van der Waals surface area contributed by atoms with Crippen molar-refractivity contribution in [1.82, 2.24) is 14.9 Å². The van der Waals surface area contributed by atoms with Crippen molar-refractivity contribution < 1.29 is 9.53 Å². The van der Waals surface area contributed by atoms with Gasteiger partial charge in [0.25, 0.3) is 11.8 Å². The second-order valence-corrected chi connectivity index (χ2v) is 6.77. The molecule has 118 valence electrons. The summed E-state index contributed by atoms with van der Waals surface area (Å²) >= 11 is 7.16. The van der Waals surface area contributed by atoms with Gasteiger partial charge in [0.1, 0.15) is 12.2 Å². The van der Waals surface area contributed by atoms with Gasteiger partial charge in [-0.15, -0.1) is 11.3 Å². The zero-order valence-corrected chi connectivity index (χ0v) is 13.7. The van der Waals surface area contributed by atoms with Crippen molar-refractivity contribution in [3.05, 3.63) is 39.4 Å². The molecule has 2 aromatic rings. The molecule has 0 radical (unpaired) electrons.